The van der Waals surface area contributed by atoms with Gasteiger partial charge in [0.05, 0.1) is 0 Å². The molecule has 1 aliphatic rings. The smallest absolute Gasteiger partial charge is 0.171 e. The lowest BCUT2D eigenvalue weighted by atomic mass is 9.91. The molecule has 128 valence electrons. The first-order chi connectivity index (χ1) is 11.1. The van der Waals surface area contributed by atoms with Crippen molar-refractivity contribution in [2.75, 3.05) is 5.32 Å². The Morgan fingerprint density at radius 2 is 1.70 bits per heavy atom. The fourth-order valence-corrected chi connectivity index (χ4v) is 3.71. The molecule has 0 bridgehead atoms. The van der Waals surface area contributed by atoms with Crippen LogP contribution in [0, 0.1) is 0 Å². The minimum Gasteiger partial charge on any atom is -0.360 e. The average molecular weight is 333 g/mol. The van der Waals surface area contributed by atoms with Crippen LogP contribution < -0.4 is 10.6 Å². The molecule has 3 heteroatoms. The number of hydrogen-bond donors (Lipinski definition) is 2. The van der Waals surface area contributed by atoms with Gasteiger partial charge in [-0.15, -0.1) is 0 Å². The van der Waals surface area contributed by atoms with Gasteiger partial charge in [0, 0.05) is 11.7 Å². The quantitative estimate of drug-likeness (QED) is 0.667. The van der Waals surface area contributed by atoms with Crippen LogP contribution >= 0.6 is 12.2 Å². The summed E-state index contributed by atoms with van der Waals surface area (Å²) in [5.41, 5.74) is 5.46. The first kappa shape index (κ1) is 18.3. The highest BCUT2D eigenvalue weighted by Gasteiger charge is 2.17. The predicted octanol–water partition coefficient (Wildman–Crippen LogP) is 5.55. The van der Waals surface area contributed by atoms with Gasteiger partial charge < -0.3 is 10.6 Å². The van der Waals surface area contributed by atoms with Gasteiger partial charge >= 0.3 is 0 Å². The minimum atomic E-state index is 0.560. The second kappa shape index (κ2) is 8.68. The zero-order valence-electron chi connectivity index (χ0n) is 15.2. The molecule has 0 aliphatic heterocycles. The number of nitrogens with one attached hydrogen (secondary N) is 2. The standard InChI is InChI=1S/C20H32N2S/c1-5-14(4)17-12-15(6-2)19(16(7-3)13-17)22-20(23)21-18-10-8-9-11-18/h12-14,18H,5-11H2,1-4H3,(H2,21,22,23). The molecule has 2 N–H and O–H groups in total. The van der Waals surface area contributed by atoms with E-state index in [0.717, 1.165) is 18.0 Å². The Balaban J connectivity index is 2.20. The van der Waals surface area contributed by atoms with Crippen molar-refractivity contribution in [2.24, 2.45) is 0 Å². The van der Waals surface area contributed by atoms with Gasteiger partial charge in [0.15, 0.2) is 5.11 Å². The zero-order chi connectivity index (χ0) is 16.8. The molecule has 1 aromatic rings. The van der Waals surface area contributed by atoms with Crippen molar-refractivity contribution in [2.45, 2.75) is 84.6 Å². The summed E-state index contributed by atoms with van der Waals surface area (Å²) >= 11 is 5.57. The van der Waals surface area contributed by atoms with E-state index in [1.54, 1.807) is 0 Å². The van der Waals surface area contributed by atoms with Crippen molar-refractivity contribution in [3.05, 3.63) is 28.8 Å². The Labute approximate surface area is 147 Å². The summed E-state index contributed by atoms with van der Waals surface area (Å²) in [7, 11) is 0. The van der Waals surface area contributed by atoms with E-state index in [1.807, 2.05) is 0 Å². The van der Waals surface area contributed by atoms with Gasteiger partial charge in [-0.1, -0.05) is 52.7 Å². The van der Waals surface area contributed by atoms with Crippen LogP contribution in [-0.4, -0.2) is 11.2 Å². The molecule has 23 heavy (non-hydrogen) atoms. The first-order valence-electron chi connectivity index (χ1n) is 9.32. The third-order valence-corrected chi connectivity index (χ3v) is 5.42. The molecule has 0 heterocycles. The topological polar surface area (TPSA) is 24.1 Å². The largest absolute Gasteiger partial charge is 0.360 e. The molecule has 0 amide bonds. The van der Waals surface area contributed by atoms with E-state index in [2.05, 4.69) is 50.5 Å². The maximum Gasteiger partial charge on any atom is 0.171 e. The van der Waals surface area contributed by atoms with Gasteiger partial charge in [-0.25, -0.2) is 0 Å². The first-order valence-corrected chi connectivity index (χ1v) is 9.72. The van der Waals surface area contributed by atoms with E-state index in [9.17, 15) is 0 Å². The van der Waals surface area contributed by atoms with Crippen LogP contribution in [0.15, 0.2) is 12.1 Å². The second-order valence-electron chi connectivity index (χ2n) is 6.81. The van der Waals surface area contributed by atoms with Crippen LogP contribution in [0.3, 0.4) is 0 Å². The van der Waals surface area contributed by atoms with Crippen LogP contribution in [-0.2, 0) is 12.8 Å². The molecule has 1 fully saturated rings. The van der Waals surface area contributed by atoms with Crippen molar-refractivity contribution in [1.82, 2.24) is 5.32 Å². The molecule has 2 nitrogen and oxygen atoms in total. The molecule has 0 aromatic heterocycles. The number of aryl methyl sites for hydroxylation is 2. The van der Waals surface area contributed by atoms with Crippen molar-refractivity contribution in [3.63, 3.8) is 0 Å². The Morgan fingerprint density at radius 3 is 2.17 bits per heavy atom. The molecule has 0 saturated heterocycles. The highest BCUT2D eigenvalue weighted by molar-refractivity contribution is 7.80. The number of benzene rings is 1. The highest BCUT2D eigenvalue weighted by Crippen LogP contribution is 2.30. The Morgan fingerprint density at radius 1 is 1.13 bits per heavy atom. The maximum absolute atomic E-state index is 5.57. The van der Waals surface area contributed by atoms with E-state index < -0.39 is 0 Å². The maximum atomic E-state index is 5.57. The molecule has 1 aromatic carbocycles. The second-order valence-corrected chi connectivity index (χ2v) is 7.22. The van der Waals surface area contributed by atoms with E-state index in [1.165, 1.54) is 54.5 Å². The van der Waals surface area contributed by atoms with E-state index in [4.69, 9.17) is 12.2 Å². The van der Waals surface area contributed by atoms with Crippen molar-refractivity contribution < 1.29 is 0 Å². The molecule has 1 unspecified atom stereocenters. The van der Waals surface area contributed by atoms with Crippen molar-refractivity contribution in [1.29, 1.82) is 0 Å². The van der Waals surface area contributed by atoms with Gasteiger partial charge in [-0.05, 0) is 66.9 Å². The lowest BCUT2D eigenvalue weighted by Gasteiger charge is -2.22. The summed E-state index contributed by atoms with van der Waals surface area (Å²) in [4.78, 5) is 0. The minimum absolute atomic E-state index is 0.560. The molecule has 1 aliphatic carbocycles. The summed E-state index contributed by atoms with van der Waals surface area (Å²) in [6, 6.07) is 5.30. The zero-order valence-corrected chi connectivity index (χ0v) is 16.0. The summed E-state index contributed by atoms with van der Waals surface area (Å²) < 4.78 is 0. The summed E-state index contributed by atoms with van der Waals surface area (Å²) in [5, 5.41) is 7.80. The third kappa shape index (κ3) is 4.69. The summed E-state index contributed by atoms with van der Waals surface area (Å²) in [6.45, 7) is 9.03. The molecule has 2 rings (SSSR count). The van der Waals surface area contributed by atoms with Crippen molar-refractivity contribution >= 4 is 23.0 Å². The van der Waals surface area contributed by atoms with Gasteiger partial charge in [-0.2, -0.15) is 0 Å². The van der Waals surface area contributed by atoms with Crippen molar-refractivity contribution in [3.8, 4) is 0 Å². The van der Waals surface area contributed by atoms with Gasteiger partial charge in [0.1, 0.15) is 0 Å². The number of thiocarbonyl (C=S) groups is 1. The lowest BCUT2D eigenvalue weighted by Crippen LogP contribution is -2.36. The monoisotopic (exact) mass is 332 g/mol. The molecule has 0 radical (unpaired) electrons. The predicted molar refractivity (Wildman–Crippen MR) is 106 cm³/mol. The molecule has 0 spiro atoms. The number of hydrogen-bond acceptors (Lipinski definition) is 1. The van der Waals surface area contributed by atoms with Crippen LogP contribution in [0.1, 0.15) is 82.4 Å². The van der Waals surface area contributed by atoms with Crippen LogP contribution in [0.4, 0.5) is 5.69 Å². The fraction of sp³-hybridized carbons (Fsp3) is 0.650. The molecular weight excluding hydrogens is 300 g/mol. The number of rotatable bonds is 6. The number of anilines is 1. The third-order valence-electron chi connectivity index (χ3n) is 5.20. The Bertz CT molecular complexity index is 507. The molecule has 1 atom stereocenters. The fourth-order valence-electron chi connectivity index (χ4n) is 3.44. The van der Waals surface area contributed by atoms with E-state index in [0.29, 0.717) is 12.0 Å². The van der Waals surface area contributed by atoms with Gasteiger partial charge in [0.2, 0.25) is 0 Å². The van der Waals surface area contributed by atoms with Crippen LogP contribution in [0.25, 0.3) is 0 Å². The molecule has 1 saturated carbocycles. The molecular formula is C20H32N2S. The van der Waals surface area contributed by atoms with Gasteiger partial charge in [-0.3, -0.25) is 0 Å². The lowest BCUT2D eigenvalue weighted by molar-refractivity contribution is 0.634. The SMILES string of the molecule is CCc1cc(C(C)CC)cc(CC)c1NC(=S)NC1CCCC1. The van der Waals surface area contributed by atoms with Crippen LogP contribution in [0.2, 0.25) is 0 Å². The van der Waals surface area contributed by atoms with Crippen LogP contribution in [0.5, 0.6) is 0 Å². The average Bonchev–Trinajstić information content (AvgIpc) is 3.06. The van der Waals surface area contributed by atoms with Gasteiger partial charge in [0.25, 0.3) is 0 Å². The Hall–Kier alpha value is -1.09. The normalized spacial score (nSPS) is 16.3. The van der Waals surface area contributed by atoms with E-state index in [-0.39, 0.29) is 0 Å². The van der Waals surface area contributed by atoms with E-state index >= 15 is 0 Å². The highest BCUT2D eigenvalue weighted by atomic mass is 32.1. The summed E-state index contributed by atoms with van der Waals surface area (Å²) in [5.74, 6) is 0.614. The Kier molecular flexibility index (Phi) is 6.88. The summed E-state index contributed by atoms with van der Waals surface area (Å²) in [6.07, 6.45) is 8.39.